The van der Waals surface area contributed by atoms with E-state index in [-0.39, 0.29) is 5.91 Å². The van der Waals surface area contributed by atoms with Gasteiger partial charge in [-0.25, -0.2) is 0 Å². The molecular formula is C22H20N4O3. The molecule has 0 fully saturated rings. The van der Waals surface area contributed by atoms with Crippen LogP contribution in [0.5, 0.6) is 11.5 Å². The number of nitrogens with one attached hydrogen (secondary N) is 1. The number of hydrogen-bond acceptors (Lipinski definition) is 5. The Labute approximate surface area is 167 Å². The molecule has 4 rings (SSSR count). The van der Waals surface area contributed by atoms with Gasteiger partial charge in [0.25, 0.3) is 5.91 Å². The van der Waals surface area contributed by atoms with E-state index in [1.807, 2.05) is 43.3 Å². The summed E-state index contributed by atoms with van der Waals surface area (Å²) >= 11 is 0. The Morgan fingerprint density at radius 2 is 1.41 bits per heavy atom. The molecule has 29 heavy (non-hydrogen) atoms. The molecule has 0 saturated heterocycles. The van der Waals surface area contributed by atoms with E-state index in [0.717, 1.165) is 22.5 Å². The third-order valence-corrected chi connectivity index (χ3v) is 4.63. The van der Waals surface area contributed by atoms with Crippen LogP contribution in [0.4, 0.5) is 5.69 Å². The fourth-order valence-electron chi connectivity index (χ4n) is 2.97. The highest BCUT2D eigenvalue weighted by Gasteiger charge is 2.12. The van der Waals surface area contributed by atoms with Crippen LogP contribution in [0.2, 0.25) is 0 Å². The van der Waals surface area contributed by atoms with Crippen LogP contribution in [0, 0.1) is 6.92 Å². The summed E-state index contributed by atoms with van der Waals surface area (Å²) in [5.41, 5.74) is 4.41. The number of rotatable bonds is 5. The average molecular weight is 388 g/mol. The molecule has 146 valence electrons. The smallest absolute Gasteiger partial charge is 0.255 e. The zero-order valence-corrected chi connectivity index (χ0v) is 16.3. The minimum atomic E-state index is -0.197. The first-order chi connectivity index (χ1) is 14.1. The van der Waals surface area contributed by atoms with Gasteiger partial charge in [-0.15, -0.1) is 10.2 Å². The Morgan fingerprint density at radius 1 is 0.862 bits per heavy atom. The normalized spacial score (nSPS) is 10.7. The van der Waals surface area contributed by atoms with Crippen molar-refractivity contribution in [3.63, 3.8) is 0 Å². The van der Waals surface area contributed by atoms with Crippen LogP contribution < -0.4 is 14.8 Å². The summed E-state index contributed by atoms with van der Waals surface area (Å²) in [4.78, 5) is 14.2. The van der Waals surface area contributed by atoms with Gasteiger partial charge in [0.15, 0.2) is 0 Å². The van der Waals surface area contributed by atoms with Crippen LogP contribution in [0.3, 0.4) is 0 Å². The fraction of sp³-hybridized carbons (Fsp3) is 0.136. The van der Waals surface area contributed by atoms with Crippen LogP contribution in [-0.2, 0) is 0 Å². The molecule has 0 spiro atoms. The van der Waals surface area contributed by atoms with Gasteiger partial charge in [-0.3, -0.25) is 4.79 Å². The van der Waals surface area contributed by atoms with Crippen molar-refractivity contribution in [2.75, 3.05) is 19.5 Å². The summed E-state index contributed by atoms with van der Waals surface area (Å²) in [6.45, 7) is 1.93. The second kappa shape index (κ2) is 7.63. The van der Waals surface area contributed by atoms with Crippen molar-refractivity contribution in [3.8, 4) is 17.2 Å². The molecule has 4 aromatic rings. The van der Waals surface area contributed by atoms with Crippen molar-refractivity contribution >= 4 is 22.6 Å². The highest BCUT2D eigenvalue weighted by molar-refractivity contribution is 6.05. The standard InChI is InChI=1S/C22H20N4O3/c1-14-12-20-21(25-26(24-20)16-6-10-18(29-3)11-7-16)13-19(14)23-22(27)15-4-8-17(28-2)9-5-15/h4-13H,1-3H3,(H,23,27). The summed E-state index contributed by atoms with van der Waals surface area (Å²) in [6, 6.07) is 18.2. The third-order valence-electron chi connectivity index (χ3n) is 4.63. The van der Waals surface area contributed by atoms with Crippen molar-refractivity contribution in [1.82, 2.24) is 15.0 Å². The molecule has 7 nitrogen and oxygen atoms in total. The van der Waals surface area contributed by atoms with E-state index in [1.54, 1.807) is 43.3 Å². The topological polar surface area (TPSA) is 78.3 Å². The number of anilines is 1. The van der Waals surface area contributed by atoms with Crippen molar-refractivity contribution in [3.05, 3.63) is 71.8 Å². The van der Waals surface area contributed by atoms with Crippen molar-refractivity contribution in [2.45, 2.75) is 6.92 Å². The van der Waals surface area contributed by atoms with E-state index >= 15 is 0 Å². The molecule has 7 heteroatoms. The van der Waals surface area contributed by atoms with E-state index in [0.29, 0.717) is 22.5 Å². The molecule has 0 unspecified atom stereocenters. The van der Waals surface area contributed by atoms with Gasteiger partial charge in [-0.05, 0) is 73.2 Å². The molecule has 1 N–H and O–H groups in total. The van der Waals surface area contributed by atoms with Crippen molar-refractivity contribution < 1.29 is 14.3 Å². The summed E-state index contributed by atoms with van der Waals surface area (Å²) in [5.74, 6) is 1.27. The molecule has 0 aliphatic heterocycles. The lowest BCUT2D eigenvalue weighted by Gasteiger charge is -2.08. The van der Waals surface area contributed by atoms with Gasteiger partial charge in [0.2, 0.25) is 0 Å². The molecule has 1 heterocycles. The summed E-state index contributed by atoms with van der Waals surface area (Å²) < 4.78 is 10.3. The Hall–Kier alpha value is -3.87. The van der Waals surface area contributed by atoms with E-state index in [4.69, 9.17) is 9.47 Å². The van der Waals surface area contributed by atoms with Crippen LogP contribution in [-0.4, -0.2) is 35.1 Å². The number of aryl methyl sites for hydroxylation is 1. The second-order valence-corrected chi connectivity index (χ2v) is 6.53. The first kappa shape index (κ1) is 18.5. The largest absolute Gasteiger partial charge is 0.497 e. The van der Waals surface area contributed by atoms with Crippen molar-refractivity contribution in [1.29, 1.82) is 0 Å². The molecule has 3 aromatic carbocycles. The van der Waals surface area contributed by atoms with E-state index in [1.165, 1.54) is 0 Å². The van der Waals surface area contributed by atoms with Gasteiger partial charge in [0.1, 0.15) is 22.5 Å². The maximum Gasteiger partial charge on any atom is 0.255 e. The van der Waals surface area contributed by atoms with Gasteiger partial charge in [-0.2, -0.15) is 4.80 Å². The Balaban J connectivity index is 1.61. The van der Waals surface area contributed by atoms with Gasteiger partial charge in [-0.1, -0.05) is 0 Å². The number of fused-ring (bicyclic) bond motifs is 1. The number of aromatic nitrogens is 3. The monoisotopic (exact) mass is 388 g/mol. The third kappa shape index (κ3) is 3.75. The van der Waals surface area contributed by atoms with Gasteiger partial charge in [0, 0.05) is 11.3 Å². The van der Waals surface area contributed by atoms with Crippen LogP contribution >= 0.6 is 0 Å². The summed E-state index contributed by atoms with van der Waals surface area (Å²) in [7, 11) is 3.22. The Bertz CT molecular complexity index is 1170. The first-order valence-corrected chi connectivity index (χ1v) is 9.05. The molecular weight excluding hydrogens is 368 g/mol. The molecule has 0 aliphatic carbocycles. The second-order valence-electron chi connectivity index (χ2n) is 6.53. The number of carbonyl (C=O) groups excluding carboxylic acids is 1. The zero-order chi connectivity index (χ0) is 20.4. The Morgan fingerprint density at radius 3 is 2.00 bits per heavy atom. The van der Waals surface area contributed by atoms with Gasteiger partial charge >= 0.3 is 0 Å². The number of benzene rings is 3. The average Bonchev–Trinajstić information content (AvgIpc) is 3.16. The zero-order valence-electron chi connectivity index (χ0n) is 16.3. The van der Waals surface area contributed by atoms with Crippen LogP contribution in [0.25, 0.3) is 16.7 Å². The maximum atomic E-state index is 12.6. The molecule has 1 aromatic heterocycles. The molecule has 0 saturated carbocycles. The number of hydrogen-bond donors (Lipinski definition) is 1. The lowest BCUT2D eigenvalue weighted by molar-refractivity contribution is 0.102. The number of nitrogens with zero attached hydrogens (tertiary/aromatic N) is 3. The minimum absolute atomic E-state index is 0.197. The minimum Gasteiger partial charge on any atom is -0.497 e. The van der Waals surface area contributed by atoms with Crippen molar-refractivity contribution in [2.24, 2.45) is 0 Å². The van der Waals surface area contributed by atoms with E-state index in [2.05, 4.69) is 15.5 Å². The molecule has 0 radical (unpaired) electrons. The predicted molar refractivity (Wildman–Crippen MR) is 111 cm³/mol. The fourth-order valence-corrected chi connectivity index (χ4v) is 2.97. The summed E-state index contributed by atoms with van der Waals surface area (Å²) in [5, 5.41) is 12.0. The van der Waals surface area contributed by atoms with Gasteiger partial charge in [0.05, 0.1) is 19.9 Å². The predicted octanol–water partition coefficient (Wildman–Crippen LogP) is 4.00. The molecule has 1 amide bonds. The molecule has 0 atom stereocenters. The molecule has 0 bridgehead atoms. The Kier molecular flexibility index (Phi) is 4.87. The molecule has 0 aliphatic rings. The summed E-state index contributed by atoms with van der Waals surface area (Å²) in [6.07, 6.45) is 0. The maximum absolute atomic E-state index is 12.6. The lowest BCUT2D eigenvalue weighted by Crippen LogP contribution is -2.12. The lowest BCUT2D eigenvalue weighted by atomic mass is 10.1. The quantitative estimate of drug-likeness (QED) is 0.559. The van der Waals surface area contributed by atoms with E-state index in [9.17, 15) is 4.79 Å². The highest BCUT2D eigenvalue weighted by atomic mass is 16.5. The number of carbonyl (C=O) groups is 1. The number of methoxy groups -OCH3 is 2. The highest BCUT2D eigenvalue weighted by Crippen LogP contribution is 2.23. The van der Waals surface area contributed by atoms with Gasteiger partial charge < -0.3 is 14.8 Å². The number of ether oxygens (including phenoxy) is 2. The first-order valence-electron chi connectivity index (χ1n) is 9.05. The van der Waals surface area contributed by atoms with E-state index < -0.39 is 0 Å². The number of amides is 1. The van der Waals surface area contributed by atoms with Crippen LogP contribution in [0.15, 0.2) is 60.7 Å². The SMILES string of the molecule is COc1ccc(C(=O)Nc2cc3nn(-c4ccc(OC)cc4)nc3cc2C)cc1. The van der Waals surface area contributed by atoms with Crippen LogP contribution in [0.1, 0.15) is 15.9 Å².